The van der Waals surface area contributed by atoms with Gasteiger partial charge in [-0.15, -0.1) is 0 Å². The Morgan fingerprint density at radius 1 is 1.21 bits per heavy atom. The summed E-state index contributed by atoms with van der Waals surface area (Å²) in [5, 5.41) is 46.5. The van der Waals surface area contributed by atoms with Crippen LogP contribution in [0.25, 0.3) is 0 Å². The fourth-order valence-electron chi connectivity index (χ4n) is 7.65. The molecule has 1 unspecified atom stereocenters. The fraction of sp³-hybridized carbons (Fsp3) is 0.682. The zero-order valence-electron chi connectivity index (χ0n) is 16.2. The summed E-state index contributed by atoms with van der Waals surface area (Å²) in [6.45, 7) is 1.33. The molecule has 6 heteroatoms. The minimum Gasteiger partial charge on any atom is -0.508 e. The molecule has 4 N–H and O–H groups in total. The highest BCUT2D eigenvalue weighted by Gasteiger charge is 2.83. The molecule has 1 aromatic carbocycles. The first kappa shape index (κ1) is 17.4. The first-order chi connectivity index (χ1) is 13.2. The molecule has 1 saturated heterocycles. The quantitative estimate of drug-likeness (QED) is 0.566. The Morgan fingerprint density at radius 3 is 2.68 bits per heavy atom. The minimum absolute atomic E-state index is 0.100. The van der Waals surface area contributed by atoms with Gasteiger partial charge in [0.1, 0.15) is 11.5 Å². The molecule has 6 rings (SSSR count). The van der Waals surface area contributed by atoms with Crippen LogP contribution in [0.15, 0.2) is 12.1 Å². The number of likely N-dealkylation sites (N-methyl/N-ethyl adjacent to an activating group) is 1. The van der Waals surface area contributed by atoms with E-state index in [4.69, 9.17) is 0 Å². The summed E-state index contributed by atoms with van der Waals surface area (Å²) in [7, 11) is 1.96. The smallest absolute Gasteiger partial charge is 0.261 e. The van der Waals surface area contributed by atoms with Gasteiger partial charge in [0.05, 0.1) is 20.1 Å². The van der Waals surface area contributed by atoms with Crippen LogP contribution in [-0.4, -0.2) is 62.2 Å². The first-order valence-corrected chi connectivity index (χ1v) is 10.5. The number of Topliss-reactive ketones (excluding diaryl/α,β-unsaturated/α-hetero) is 1. The number of nitrogens with zero attached hydrogens (tertiary/aromatic N) is 1. The van der Waals surface area contributed by atoms with E-state index in [0.717, 1.165) is 24.9 Å². The Bertz CT molecular complexity index is 928. The Morgan fingerprint density at radius 2 is 1.96 bits per heavy atom. The number of aromatic hydroxyl groups is 1. The number of carbonyl (C=O) groups is 1. The summed E-state index contributed by atoms with van der Waals surface area (Å²) in [6, 6.07) is 3.24. The fourth-order valence-corrected chi connectivity index (χ4v) is 7.65. The van der Waals surface area contributed by atoms with Crippen LogP contribution in [0.5, 0.6) is 5.75 Å². The van der Waals surface area contributed by atoms with Crippen molar-refractivity contribution in [2.45, 2.75) is 61.4 Å². The number of hydrogen-bond donors (Lipinski definition) is 4. The van der Waals surface area contributed by atoms with E-state index in [2.05, 4.69) is 0 Å². The third kappa shape index (κ3) is 1.55. The third-order valence-corrected chi connectivity index (χ3v) is 9.09. The molecular weight excluding hydrogens is 358 g/mol. The average Bonchev–Trinajstić information content (AvgIpc) is 3.38. The van der Waals surface area contributed by atoms with E-state index < -0.39 is 28.8 Å². The number of likely N-dealkylation sites (tertiary alicyclic amines) is 1. The molecule has 3 fully saturated rings. The number of phenolic OH excluding ortho intramolecular Hbond substituents is 1. The van der Waals surface area contributed by atoms with E-state index in [-0.39, 0.29) is 28.9 Å². The number of benzene rings is 1. The number of aliphatic hydroxyl groups is 3. The molecule has 1 heterocycles. The molecular formula is C22H28NO5+. The van der Waals surface area contributed by atoms with Gasteiger partial charge in [-0.2, -0.15) is 0 Å². The largest absolute Gasteiger partial charge is 0.508 e. The molecule has 1 aliphatic heterocycles. The molecule has 1 aromatic rings. The number of aliphatic hydroxyl groups excluding tert-OH is 1. The van der Waals surface area contributed by atoms with E-state index >= 15 is 0 Å². The van der Waals surface area contributed by atoms with Gasteiger partial charge >= 0.3 is 0 Å². The van der Waals surface area contributed by atoms with Gasteiger partial charge in [-0.1, -0.05) is 6.07 Å². The van der Waals surface area contributed by atoms with Crippen molar-refractivity contribution in [3.8, 4) is 5.75 Å². The lowest BCUT2D eigenvalue weighted by molar-refractivity contribution is -1.01. The monoisotopic (exact) mass is 386 g/mol. The van der Waals surface area contributed by atoms with Crippen molar-refractivity contribution >= 4 is 5.78 Å². The zero-order valence-corrected chi connectivity index (χ0v) is 16.2. The predicted octanol–water partition coefficient (Wildman–Crippen LogP) is 0.892. The van der Waals surface area contributed by atoms with Gasteiger partial charge in [0, 0.05) is 30.1 Å². The van der Waals surface area contributed by atoms with Crippen LogP contribution in [-0.2, 0) is 16.6 Å². The van der Waals surface area contributed by atoms with Crippen LogP contribution in [0.2, 0.25) is 0 Å². The predicted molar refractivity (Wildman–Crippen MR) is 99.3 cm³/mol. The summed E-state index contributed by atoms with van der Waals surface area (Å²) < 4.78 is 0.216. The van der Waals surface area contributed by atoms with E-state index in [0.29, 0.717) is 36.4 Å². The molecule has 6 nitrogen and oxygen atoms in total. The maximum absolute atomic E-state index is 13.0. The molecule has 5 aliphatic rings. The van der Waals surface area contributed by atoms with Crippen LogP contribution < -0.4 is 0 Å². The second-order valence-corrected chi connectivity index (χ2v) is 10.2. The topological polar surface area (TPSA) is 98.0 Å². The SMILES string of the molecule is C[N@+]1(CC2CC2)CC[C@]23c4c5ccc(O)c4C[C@H]2C(=O)CC[C@@]3(O)[C@@]1(O)C5O. The first-order valence-electron chi connectivity index (χ1n) is 10.5. The van der Waals surface area contributed by atoms with Gasteiger partial charge < -0.3 is 20.4 Å². The third-order valence-electron chi connectivity index (χ3n) is 9.09. The van der Waals surface area contributed by atoms with E-state index in [9.17, 15) is 25.2 Å². The Kier molecular flexibility index (Phi) is 2.99. The van der Waals surface area contributed by atoms with Crippen molar-refractivity contribution in [3.63, 3.8) is 0 Å². The lowest BCUT2D eigenvalue weighted by atomic mass is 9.45. The van der Waals surface area contributed by atoms with Crippen molar-refractivity contribution in [3.05, 3.63) is 28.8 Å². The lowest BCUT2D eigenvalue weighted by Crippen LogP contribution is -2.87. The number of carbonyl (C=O) groups excluding carboxylic acids is 1. The van der Waals surface area contributed by atoms with Crippen molar-refractivity contribution in [2.24, 2.45) is 11.8 Å². The minimum atomic E-state index is -1.77. The Hall–Kier alpha value is -1.47. The van der Waals surface area contributed by atoms with Crippen LogP contribution in [0.4, 0.5) is 0 Å². The standard InChI is InChI=1S/C22H27NO5/c1-23(11-12-2-3-12)9-8-20-15-10-14-16(24)5-4-13(18(14)20)19(26)22(23,28)21(20,27)7-6-17(15)25/h4-5,12,15,19,26-28H,2-3,6-11H2,1H3/p+1/t15-,19?,20+,21-,22-,23+/m0/s1. The van der Waals surface area contributed by atoms with Gasteiger partial charge in [-0.25, -0.2) is 0 Å². The van der Waals surface area contributed by atoms with Gasteiger partial charge in [0.25, 0.3) is 5.72 Å². The number of rotatable bonds is 2. The number of phenols is 1. The number of hydrogen-bond acceptors (Lipinski definition) is 5. The number of ketones is 1. The van der Waals surface area contributed by atoms with E-state index in [1.165, 1.54) is 0 Å². The second kappa shape index (κ2) is 4.81. The van der Waals surface area contributed by atoms with Crippen molar-refractivity contribution in [2.75, 3.05) is 20.1 Å². The van der Waals surface area contributed by atoms with Gasteiger partial charge in [0.2, 0.25) is 0 Å². The molecule has 0 amide bonds. The molecule has 2 bridgehead atoms. The summed E-state index contributed by atoms with van der Waals surface area (Å²) in [4.78, 5) is 13.0. The van der Waals surface area contributed by atoms with Gasteiger partial charge in [-0.05, 0) is 48.4 Å². The molecule has 6 atom stereocenters. The molecule has 28 heavy (non-hydrogen) atoms. The summed E-state index contributed by atoms with van der Waals surface area (Å²) in [5.74, 6) is 0.293. The van der Waals surface area contributed by atoms with E-state index in [1.807, 2.05) is 7.05 Å². The molecule has 1 spiro atoms. The van der Waals surface area contributed by atoms with Crippen molar-refractivity contribution in [1.82, 2.24) is 0 Å². The average molecular weight is 386 g/mol. The molecule has 4 aliphatic carbocycles. The van der Waals surface area contributed by atoms with Crippen molar-refractivity contribution < 1.29 is 29.7 Å². The van der Waals surface area contributed by atoms with Crippen LogP contribution >= 0.6 is 0 Å². The highest BCUT2D eigenvalue weighted by molar-refractivity contribution is 5.87. The molecule has 2 saturated carbocycles. The van der Waals surface area contributed by atoms with Crippen LogP contribution in [0.1, 0.15) is 54.9 Å². The van der Waals surface area contributed by atoms with Crippen LogP contribution in [0, 0.1) is 11.8 Å². The summed E-state index contributed by atoms with van der Waals surface area (Å²) >= 11 is 0. The molecule has 0 radical (unpaired) electrons. The zero-order chi connectivity index (χ0) is 19.7. The molecule has 0 aromatic heterocycles. The molecule has 150 valence electrons. The summed E-state index contributed by atoms with van der Waals surface area (Å²) in [5.41, 5.74) is -2.28. The Labute approximate surface area is 164 Å². The van der Waals surface area contributed by atoms with Gasteiger partial charge in [-0.3, -0.25) is 9.28 Å². The normalized spacial score (nSPS) is 48.5. The number of piperidine rings is 1. The number of quaternary nitrogens is 1. The van der Waals surface area contributed by atoms with E-state index in [1.54, 1.807) is 12.1 Å². The maximum atomic E-state index is 13.0. The van der Waals surface area contributed by atoms with Crippen LogP contribution in [0.3, 0.4) is 0 Å². The van der Waals surface area contributed by atoms with Crippen molar-refractivity contribution in [1.29, 1.82) is 0 Å². The summed E-state index contributed by atoms with van der Waals surface area (Å²) in [6.07, 6.45) is 2.32. The highest BCUT2D eigenvalue weighted by atomic mass is 16.4. The highest BCUT2D eigenvalue weighted by Crippen LogP contribution is 2.71. The van der Waals surface area contributed by atoms with Gasteiger partial charge in [0.15, 0.2) is 11.7 Å². The second-order valence-electron chi connectivity index (χ2n) is 10.2. The maximum Gasteiger partial charge on any atom is 0.261 e. The Balaban J connectivity index is 1.68. The lowest BCUT2D eigenvalue weighted by Gasteiger charge is -2.69.